The zero-order chi connectivity index (χ0) is 16.3. The molecule has 2 rings (SSSR count). The molecule has 114 valence electrons. The summed E-state index contributed by atoms with van der Waals surface area (Å²) in [5.74, 6) is -0.870. The Labute approximate surface area is 141 Å². The van der Waals surface area contributed by atoms with E-state index >= 15 is 0 Å². The maximum absolute atomic E-state index is 11.8. The molecule has 0 atom stereocenters. The monoisotopic (exact) mass is 356 g/mol. The topological polar surface area (TPSA) is 67.4 Å². The first-order chi connectivity index (χ1) is 10.4. The molecule has 1 fully saturated rings. The highest BCUT2D eigenvalue weighted by atomic mass is 35.5. The van der Waals surface area contributed by atoms with E-state index in [0.29, 0.717) is 11.3 Å². The molecule has 1 aliphatic heterocycles. The second kappa shape index (κ2) is 6.91. The zero-order valence-electron chi connectivity index (χ0n) is 11.1. The van der Waals surface area contributed by atoms with Crippen molar-refractivity contribution in [1.82, 2.24) is 10.6 Å². The lowest BCUT2D eigenvalue weighted by molar-refractivity contribution is -0.123. The van der Waals surface area contributed by atoms with Crippen LogP contribution in [0, 0.1) is 0 Å². The van der Waals surface area contributed by atoms with Crippen molar-refractivity contribution in [1.29, 1.82) is 0 Å². The number of ether oxygens (including phenoxy) is 1. The Morgan fingerprint density at radius 1 is 1.18 bits per heavy atom. The van der Waals surface area contributed by atoms with Crippen LogP contribution in [-0.2, 0) is 9.59 Å². The van der Waals surface area contributed by atoms with Gasteiger partial charge in [-0.25, -0.2) is 0 Å². The molecule has 8 heteroatoms. The van der Waals surface area contributed by atoms with Crippen molar-refractivity contribution in [3.63, 3.8) is 0 Å². The quantitative estimate of drug-likeness (QED) is 0.376. The molecular weight excluding hydrogens is 347 g/mol. The molecule has 1 aromatic rings. The second-order valence-electron chi connectivity index (χ2n) is 4.21. The van der Waals surface area contributed by atoms with Crippen LogP contribution in [0.4, 0.5) is 0 Å². The average molecular weight is 357 g/mol. The number of hydrogen-bond acceptors (Lipinski definition) is 4. The van der Waals surface area contributed by atoms with Crippen LogP contribution < -0.4 is 15.4 Å². The minimum Gasteiger partial charge on any atom is -0.486 e. The smallest absolute Gasteiger partial charge is 0.263 e. The Morgan fingerprint density at radius 3 is 2.23 bits per heavy atom. The summed E-state index contributed by atoms with van der Waals surface area (Å²) in [7, 11) is 0. The Kier molecular flexibility index (Phi) is 5.18. The third-order valence-electron chi connectivity index (χ3n) is 2.62. The van der Waals surface area contributed by atoms with Gasteiger partial charge in [-0.15, -0.1) is 0 Å². The normalized spacial score (nSPS) is 14.3. The molecule has 0 bridgehead atoms. The first-order valence-corrected chi connectivity index (χ1v) is 7.20. The Morgan fingerprint density at radius 2 is 1.73 bits per heavy atom. The SMILES string of the molecule is C=CCOc1c(Cl)cc(C=C2C(=O)NC(=S)NC2=O)cc1Cl. The fraction of sp³-hybridized carbons (Fsp3) is 0.0714. The second-order valence-corrected chi connectivity index (χ2v) is 5.43. The van der Waals surface area contributed by atoms with Crippen molar-refractivity contribution in [2.45, 2.75) is 0 Å². The molecule has 0 aliphatic carbocycles. The number of carbonyl (C=O) groups excluding carboxylic acids is 2. The number of hydrogen-bond donors (Lipinski definition) is 2. The predicted octanol–water partition coefficient (Wildman–Crippen LogP) is 2.47. The maximum atomic E-state index is 11.8. The number of amides is 2. The molecule has 1 aliphatic rings. The van der Waals surface area contributed by atoms with E-state index in [4.69, 9.17) is 40.2 Å². The fourth-order valence-electron chi connectivity index (χ4n) is 1.72. The number of benzene rings is 1. The molecule has 0 aromatic heterocycles. The van der Waals surface area contributed by atoms with Crippen LogP contribution in [0.2, 0.25) is 10.0 Å². The summed E-state index contributed by atoms with van der Waals surface area (Å²) in [5, 5.41) is 5.16. The summed E-state index contributed by atoms with van der Waals surface area (Å²) in [5.41, 5.74) is 0.384. The van der Waals surface area contributed by atoms with E-state index in [-0.39, 0.29) is 27.3 Å². The zero-order valence-corrected chi connectivity index (χ0v) is 13.4. The van der Waals surface area contributed by atoms with E-state index < -0.39 is 11.8 Å². The Balaban J connectivity index is 2.35. The van der Waals surface area contributed by atoms with E-state index in [2.05, 4.69) is 17.2 Å². The van der Waals surface area contributed by atoms with E-state index in [1.165, 1.54) is 18.2 Å². The van der Waals surface area contributed by atoms with Gasteiger partial charge in [-0.05, 0) is 36.0 Å². The molecule has 2 N–H and O–H groups in total. The van der Waals surface area contributed by atoms with Gasteiger partial charge in [0.25, 0.3) is 11.8 Å². The Hall–Kier alpha value is -1.89. The van der Waals surface area contributed by atoms with Gasteiger partial charge in [0, 0.05) is 0 Å². The summed E-state index contributed by atoms with van der Waals surface area (Å²) >= 11 is 16.9. The number of halogens is 2. The summed E-state index contributed by atoms with van der Waals surface area (Å²) in [6, 6.07) is 3.07. The van der Waals surface area contributed by atoms with Gasteiger partial charge in [0.15, 0.2) is 10.9 Å². The number of carbonyl (C=O) groups is 2. The molecule has 5 nitrogen and oxygen atoms in total. The van der Waals surface area contributed by atoms with E-state index in [0.717, 1.165) is 0 Å². The lowest BCUT2D eigenvalue weighted by Gasteiger charge is -2.16. The van der Waals surface area contributed by atoms with E-state index in [9.17, 15) is 9.59 Å². The van der Waals surface area contributed by atoms with Crippen LogP contribution in [0.3, 0.4) is 0 Å². The third-order valence-corrected chi connectivity index (χ3v) is 3.39. The summed E-state index contributed by atoms with van der Waals surface area (Å²) in [4.78, 5) is 23.5. The lowest BCUT2D eigenvalue weighted by Crippen LogP contribution is -2.51. The minimum atomic E-state index is -0.590. The van der Waals surface area contributed by atoms with Gasteiger partial charge in [-0.1, -0.05) is 35.9 Å². The van der Waals surface area contributed by atoms with Crippen molar-refractivity contribution >= 4 is 58.4 Å². The molecule has 1 heterocycles. The fourth-order valence-corrected chi connectivity index (χ4v) is 2.51. The van der Waals surface area contributed by atoms with Crippen LogP contribution in [0.1, 0.15) is 5.56 Å². The average Bonchev–Trinajstić information content (AvgIpc) is 2.42. The van der Waals surface area contributed by atoms with Crippen molar-refractivity contribution in [2.24, 2.45) is 0 Å². The lowest BCUT2D eigenvalue weighted by atomic mass is 10.1. The van der Waals surface area contributed by atoms with Crippen LogP contribution in [-0.4, -0.2) is 23.5 Å². The standard InChI is InChI=1S/C14H10Cl2N2O3S/c1-2-3-21-11-9(15)5-7(6-10(11)16)4-8-12(19)17-14(22)18-13(8)20/h2,4-6H,1,3H2,(H2,17,18,19,20,22). The minimum absolute atomic E-state index is 0.0311. The van der Waals surface area contributed by atoms with Gasteiger partial charge in [0.1, 0.15) is 12.2 Å². The first kappa shape index (κ1) is 16.5. The molecule has 1 aromatic carbocycles. The van der Waals surface area contributed by atoms with Gasteiger partial charge >= 0.3 is 0 Å². The van der Waals surface area contributed by atoms with Crippen molar-refractivity contribution < 1.29 is 14.3 Å². The van der Waals surface area contributed by atoms with Gasteiger partial charge in [-0.2, -0.15) is 0 Å². The molecule has 1 saturated heterocycles. The number of nitrogens with one attached hydrogen (secondary N) is 2. The largest absolute Gasteiger partial charge is 0.486 e. The van der Waals surface area contributed by atoms with Crippen molar-refractivity contribution in [2.75, 3.05) is 6.61 Å². The number of rotatable bonds is 4. The van der Waals surface area contributed by atoms with Gasteiger partial charge in [-0.3, -0.25) is 20.2 Å². The predicted molar refractivity (Wildman–Crippen MR) is 89.0 cm³/mol. The molecule has 2 amide bonds. The molecule has 0 saturated carbocycles. The van der Waals surface area contributed by atoms with E-state index in [1.807, 2.05) is 0 Å². The molecular formula is C14H10Cl2N2O3S. The van der Waals surface area contributed by atoms with Gasteiger partial charge in [0.05, 0.1) is 10.0 Å². The van der Waals surface area contributed by atoms with Crippen LogP contribution in [0.15, 0.2) is 30.4 Å². The van der Waals surface area contributed by atoms with E-state index in [1.54, 1.807) is 6.08 Å². The van der Waals surface area contributed by atoms with Crippen LogP contribution in [0.5, 0.6) is 5.75 Å². The molecule has 0 unspecified atom stereocenters. The molecule has 22 heavy (non-hydrogen) atoms. The first-order valence-electron chi connectivity index (χ1n) is 6.03. The molecule has 0 spiro atoms. The van der Waals surface area contributed by atoms with Crippen LogP contribution in [0.25, 0.3) is 6.08 Å². The highest BCUT2D eigenvalue weighted by Gasteiger charge is 2.25. The maximum Gasteiger partial charge on any atom is 0.263 e. The summed E-state index contributed by atoms with van der Waals surface area (Å²) < 4.78 is 5.34. The molecule has 0 radical (unpaired) electrons. The van der Waals surface area contributed by atoms with Crippen molar-refractivity contribution in [3.05, 3.63) is 46.0 Å². The highest BCUT2D eigenvalue weighted by Crippen LogP contribution is 2.35. The van der Waals surface area contributed by atoms with Crippen LogP contribution >= 0.6 is 35.4 Å². The third kappa shape index (κ3) is 3.65. The van der Waals surface area contributed by atoms with Crippen molar-refractivity contribution in [3.8, 4) is 5.75 Å². The summed E-state index contributed by atoms with van der Waals surface area (Å²) in [6.45, 7) is 3.78. The Bertz CT molecular complexity index is 671. The van der Waals surface area contributed by atoms with Gasteiger partial charge < -0.3 is 4.74 Å². The number of thiocarbonyl (C=S) groups is 1. The van der Waals surface area contributed by atoms with Gasteiger partial charge in [0.2, 0.25) is 0 Å². The summed E-state index contributed by atoms with van der Waals surface area (Å²) in [6.07, 6.45) is 2.92. The highest BCUT2D eigenvalue weighted by molar-refractivity contribution is 7.80.